The molecule has 0 atom stereocenters. The number of hydrogen-bond acceptors (Lipinski definition) is 2. The summed E-state index contributed by atoms with van der Waals surface area (Å²) < 4.78 is 0. The zero-order valence-corrected chi connectivity index (χ0v) is 4.76. The van der Waals surface area contributed by atoms with Gasteiger partial charge in [-0.3, -0.25) is 4.79 Å². The molecule has 3 nitrogen and oxygen atoms in total. The van der Waals surface area contributed by atoms with Gasteiger partial charge in [-0.25, -0.2) is 4.79 Å². The summed E-state index contributed by atoms with van der Waals surface area (Å²) in [5.41, 5.74) is -0.454. The molecule has 0 saturated heterocycles. The number of rotatable bonds is 3. The normalized spacial score (nSPS) is 8.00. The first-order valence-electron chi connectivity index (χ1n) is 2.18. The van der Waals surface area contributed by atoms with Crippen molar-refractivity contribution in [2.75, 3.05) is 0 Å². The molecule has 0 aliphatic rings. The number of allylic oxidation sites excluding steroid dienone is 1. The molecular weight excluding hydrogens is 120 g/mol. The highest BCUT2D eigenvalue weighted by atomic mass is 16.4. The van der Waals surface area contributed by atoms with E-state index in [-0.39, 0.29) is 0 Å². The molecule has 0 aromatic heterocycles. The lowest BCUT2D eigenvalue weighted by Crippen LogP contribution is -2.07. The minimum Gasteiger partial charge on any atom is -0.478 e. The minimum absolute atomic E-state index is 0.454. The Morgan fingerprint density at radius 3 is 2.00 bits per heavy atom. The molecule has 0 unspecified atom stereocenters. The standard InChI is InChI=1S/C6H6O3/c1-3-5(7)4(2)6(8)9/h3H,1-2H2,(H,8,9). The van der Waals surface area contributed by atoms with Gasteiger partial charge >= 0.3 is 5.97 Å². The van der Waals surface area contributed by atoms with Crippen LogP contribution in [0, 0.1) is 0 Å². The fourth-order valence-corrected chi connectivity index (χ4v) is 0.229. The summed E-state index contributed by atoms with van der Waals surface area (Å²) >= 11 is 0. The predicted octanol–water partition coefficient (Wildman–Crippen LogP) is 0.382. The van der Waals surface area contributed by atoms with Gasteiger partial charge in [0.1, 0.15) is 0 Å². The Kier molecular flexibility index (Phi) is 2.38. The van der Waals surface area contributed by atoms with Crippen molar-refractivity contribution >= 4 is 11.8 Å². The lowest BCUT2D eigenvalue weighted by Gasteiger charge is -1.88. The highest BCUT2D eigenvalue weighted by molar-refractivity contribution is 6.20. The lowest BCUT2D eigenvalue weighted by atomic mass is 10.2. The predicted molar refractivity (Wildman–Crippen MR) is 32.0 cm³/mol. The molecule has 0 spiro atoms. The van der Waals surface area contributed by atoms with Crippen LogP contribution in [0.5, 0.6) is 0 Å². The maximum atomic E-state index is 10.4. The van der Waals surface area contributed by atoms with Crippen LogP contribution < -0.4 is 0 Å². The molecule has 0 aromatic carbocycles. The number of carbonyl (C=O) groups excluding carboxylic acids is 1. The zero-order valence-electron chi connectivity index (χ0n) is 4.76. The molecule has 0 bridgehead atoms. The Balaban J connectivity index is 4.22. The molecule has 1 N–H and O–H groups in total. The van der Waals surface area contributed by atoms with Crippen LogP contribution >= 0.6 is 0 Å². The first-order chi connectivity index (χ1) is 4.09. The maximum absolute atomic E-state index is 10.4. The molecular formula is C6H6O3. The molecule has 0 saturated carbocycles. The Labute approximate surface area is 52.3 Å². The van der Waals surface area contributed by atoms with Gasteiger partial charge < -0.3 is 5.11 Å². The van der Waals surface area contributed by atoms with Gasteiger partial charge in [-0.2, -0.15) is 0 Å². The summed E-state index contributed by atoms with van der Waals surface area (Å²) in [6.07, 6.45) is 0.913. The minimum atomic E-state index is -1.31. The van der Waals surface area contributed by atoms with Crippen LogP contribution in [0.15, 0.2) is 24.8 Å². The number of carbonyl (C=O) groups is 2. The second-order valence-corrected chi connectivity index (χ2v) is 1.35. The SMILES string of the molecule is C=CC(=O)C(=C)C(=O)O. The van der Waals surface area contributed by atoms with Crippen molar-refractivity contribution in [3.05, 3.63) is 24.8 Å². The highest BCUT2D eigenvalue weighted by Crippen LogP contribution is 1.91. The van der Waals surface area contributed by atoms with E-state index in [4.69, 9.17) is 5.11 Å². The number of carboxylic acid groups (broad SMARTS) is 1. The molecule has 0 rings (SSSR count). The Bertz CT molecular complexity index is 179. The van der Waals surface area contributed by atoms with Gasteiger partial charge in [-0.05, 0) is 6.08 Å². The molecule has 0 aliphatic heterocycles. The summed E-state index contributed by atoms with van der Waals surface area (Å²) in [4.78, 5) is 20.3. The van der Waals surface area contributed by atoms with Crippen molar-refractivity contribution in [3.8, 4) is 0 Å². The molecule has 48 valence electrons. The van der Waals surface area contributed by atoms with E-state index < -0.39 is 17.3 Å². The van der Waals surface area contributed by atoms with Gasteiger partial charge in [0, 0.05) is 0 Å². The fourth-order valence-electron chi connectivity index (χ4n) is 0.229. The number of hydrogen-bond donors (Lipinski definition) is 1. The first kappa shape index (κ1) is 7.62. The molecule has 0 radical (unpaired) electrons. The molecule has 0 fully saturated rings. The van der Waals surface area contributed by atoms with Crippen LogP contribution in [0.25, 0.3) is 0 Å². The van der Waals surface area contributed by atoms with Crippen molar-refractivity contribution in [2.45, 2.75) is 0 Å². The summed E-state index contributed by atoms with van der Waals surface area (Å²) in [6, 6.07) is 0. The maximum Gasteiger partial charge on any atom is 0.339 e. The average Bonchev–Trinajstić information content (AvgIpc) is 1.84. The van der Waals surface area contributed by atoms with E-state index in [0.29, 0.717) is 0 Å². The van der Waals surface area contributed by atoms with Crippen LogP contribution in [-0.2, 0) is 9.59 Å². The Morgan fingerprint density at radius 1 is 1.44 bits per heavy atom. The van der Waals surface area contributed by atoms with Gasteiger partial charge in [-0.15, -0.1) is 0 Å². The zero-order chi connectivity index (χ0) is 7.44. The molecule has 0 aromatic rings. The molecule has 0 amide bonds. The van der Waals surface area contributed by atoms with Gasteiger partial charge in [0.2, 0.25) is 0 Å². The van der Waals surface area contributed by atoms with E-state index in [9.17, 15) is 9.59 Å². The second-order valence-electron chi connectivity index (χ2n) is 1.35. The topological polar surface area (TPSA) is 54.4 Å². The smallest absolute Gasteiger partial charge is 0.339 e. The molecule has 0 heterocycles. The van der Waals surface area contributed by atoms with Crippen LogP contribution in [0.4, 0.5) is 0 Å². The summed E-state index contributed by atoms with van der Waals surface area (Å²) in [6.45, 7) is 6.10. The third kappa shape index (κ3) is 1.90. The highest BCUT2D eigenvalue weighted by Gasteiger charge is 2.09. The quantitative estimate of drug-likeness (QED) is 0.338. The molecule has 0 aliphatic carbocycles. The number of aliphatic carboxylic acids is 1. The first-order valence-corrected chi connectivity index (χ1v) is 2.18. The van der Waals surface area contributed by atoms with Gasteiger partial charge in [-0.1, -0.05) is 13.2 Å². The van der Waals surface area contributed by atoms with Crippen molar-refractivity contribution < 1.29 is 14.7 Å². The monoisotopic (exact) mass is 126 g/mol. The summed E-state index contributed by atoms with van der Waals surface area (Å²) in [7, 11) is 0. The van der Waals surface area contributed by atoms with Crippen molar-refractivity contribution in [2.24, 2.45) is 0 Å². The van der Waals surface area contributed by atoms with Crippen LogP contribution in [0.1, 0.15) is 0 Å². The van der Waals surface area contributed by atoms with Gasteiger partial charge in [0.05, 0.1) is 5.57 Å². The largest absolute Gasteiger partial charge is 0.478 e. The Morgan fingerprint density at radius 2 is 1.89 bits per heavy atom. The van der Waals surface area contributed by atoms with E-state index in [1.165, 1.54) is 0 Å². The average molecular weight is 126 g/mol. The van der Waals surface area contributed by atoms with Crippen molar-refractivity contribution in [1.82, 2.24) is 0 Å². The van der Waals surface area contributed by atoms with Crippen LogP contribution in [0.2, 0.25) is 0 Å². The molecule has 3 heteroatoms. The van der Waals surface area contributed by atoms with Crippen molar-refractivity contribution in [3.63, 3.8) is 0 Å². The third-order valence-corrected chi connectivity index (χ3v) is 0.741. The number of ketones is 1. The second kappa shape index (κ2) is 2.81. The van der Waals surface area contributed by atoms with Gasteiger partial charge in [0.15, 0.2) is 5.78 Å². The lowest BCUT2D eigenvalue weighted by molar-refractivity contribution is -0.134. The van der Waals surface area contributed by atoms with E-state index in [2.05, 4.69) is 13.2 Å². The fraction of sp³-hybridized carbons (Fsp3) is 0. The summed E-state index contributed by atoms with van der Waals surface area (Å²) in [5.74, 6) is -1.96. The van der Waals surface area contributed by atoms with Crippen LogP contribution in [-0.4, -0.2) is 16.9 Å². The van der Waals surface area contributed by atoms with Crippen molar-refractivity contribution in [1.29, 1.82) is 0 Å². The van der Waals surface area contributed by atoms with E-state index in [1.807, 2.05) is 0 Å². The third-order valence-electron chi connectivity index (χ3n) is 0.741. The van der Waals surface area contributed by atoms with E-state index in [1.54, 1.807) is 0 Å². The van der Waals surface area contributed by atoms with Gasteiger partial charge in [0.25, 0.3) is 0 Å². The molecule has 9 heavy (non-hydrogen) atoms. The number of carboxylic acids is 1. The Hall–Kier alpha value is -1.38. The van der Waals surface area contributed by atoms with E-state index in [0.717, 1.165) is 6.08 Å². The van der Waals surface area contributed by atoms with Crippen LogP contribution in [0.3, 0.4) is 0 Å². The van der Waals surface area contributed by atoms with E-state index >= 15 is 0 Å². The summed E-state index contributed by atoms with van der Waals surface area (Å²) in [5, 5.41) is 8.12.